The normalized spacial score (nSPS) is 10.3. The quantitative estimate of drug-likeness (QED) is 0.510. The van der Waals surface area contributed by atoms with Crippen molar-refractivity contribution in [2.75, 3.05) is 13.1 Å². The zero-order valence-corrected chi connectivity index (χ0v) is 13.3. The standard InChI is InChI=1S/C16H32N2O2/c1-3-5-9-13-17-15(19)11-7-8-12-16(20)18-14-10-6-4-2/h3-14H2,1-2H3,(H,17,19)(H,18,20). The van der Waals surface area contributed by atoms with Gasteiger partial charge in [-0.2, -0.15) is 0 Å². The Morgan fingerprint density at radius 1 is 0.650 bits per heavy atom. The second-order valence-electron chi connectivity index (χ2n) is 5.32. The molecule has 0 spiro atoms. The zero-order valence-electron chi connectivity index (χ0n) is 13.3. The first kappa shape index (κ1) is 18.9. The van der Waals surface area contributed by atoms with Crippen LogP contribution in [0.1, 0.15) is 78.1 Å². The van der Waals surface area contributed by atoms with E-state index in [0.29, 0.717) is 12.8 Å². The fourth-order valence-corrected chi connectivity index (χ4v) is 1.95. The van der Waals surface area contributed by atoms with Crippen molar-refractivity contribution in [1.82, 2.24) is 10.6 Å². The molecule has 2 amide bonds. The van der Waals surface area contributed by atoms with E-state index in [2.05, 4.69) is 24.5 Å². The van der Waals surface area contributed by atoms with E-state index in [9.17, 15) is 9.59 Å². The van der Waals surface area contributed by atoms with E-state index in [1.807, 2.05) is 0 Å². The highest BCUT2D eigenvalue weighted by Gasteiger charge is 2.03. The summed E-state index contributed by atoms with van der Waals surface area (Å²) in [5.74, 6) is 0.230. The van der Waals surface area contributed by atoms with Gasteiger partial charge in [-0.15, -0.1) is 0 Å². The maximum atomic E-state index is 11.5. The van der Waals surface area contributed by atoms with Gasteiger partial charge in [0.1, 0.15) is 0 Å². The molecular weight excluding hydrogens is 252 g/mol. The number of carbonyl (C=O) groups is 2. The molecule has 4 heteroatoms. The topological polar surface area (TPSA) is 58.2 Å². The fourth-order valence-electron chi connectivity index (χ4n) is 1.95. The summed E-state index contributed by atoms with van der Waals surface area (Å²) >= 11 is 0. The Kier molecular flexibility index (Phi) is 13.6. The zero-order chi connectivity index (χ0) is 15.1. The van der Waals surface area contributed by atoms with E-state index in [1.54, 1.807) is 0 Å². The van der Waals surface area contributed by atoms with Crippen LogP contribution in [-0.4, -0.2) is 24.9 Å². The molecule has 0 fully saturated rings. The predicted molar refractivity (Wildman–Crippen MR) is 83.5 cm³/mol. The lowest BCUT2D eigenvalue weighted by Crippen LogP contribution is -2.25. The number of nitrogens with one attached hydrogen (secondary N) is 2. The van der Waals surface area contributed by atoms with Crippen molar-refractivity contribution in [3.63, 3.8) is 0 Å². The van der Waals surface area contributed by atoms with Crippen LogP contribution in [0.2, 0.25) is 0 Å². The molecule has 0 aliphatic heterocycles. The average Bonchev–Trinajstić information content (AvgIpc) is 2.44. The lowest BCUT2D eigenvalue weighted by Gasteiger charge is -2.06. The fraction of sp³-hybridized carbons (Fsp3) is 0.875. The van der Waals surface area contributed by atoms with Crippen molar-refractivity contribution in [2.24, 2.45) is 0 Å². The third-order valence-corrected chi connectivity index (χ3v) is 3.26. The monoisotopic (exact) mass is 284 g/mol. The molecule has 0 rings (SSSR count). The molecule has 20 heavy (non-hydrogen) atoms. The second-order valence-corrected chi connectivity index (χ2v) is 5.32. The van der Waals surface area contributed by atoms with E-state index in [-0.39, 0.29) is 11.8 Å². The van der Waals surface area contributed by atoms with Crippen LogP contribution in [0.3, 0.4) is 0 Å². The van der Waals surface area contributed by atoms with Gasteiger partial charge in [0, 0.05) is 25.9 Å². The highest BCUT2D eigenvalue weighted by molar-refractivity contribution is 5.77. The summed E-state index contributed by atoms with van der Waals surface area (Å²) in [6, 6.07) is 0. The Balaban J connectivity index is 3.32. The van der Waals surface area contributed by atoms with Gasteiger partial charge in [-0.25, -0.2) is 0 Å². The maximum absolute atomic E-state index is 11.5. The van der Waals surface area contributed by atoms with Crippen LogP contribution in [0.4, 0.5) is 0 Å². The minimum absolute atomic E-state index is 0.115. The largest absolute Gasteiger partial charge is 0.356 e. The van der Waals surface area contributed by atoms with Crippen LogP contribution in [0.5, 0.6) is 0 Å². The second kappa shape index (κ2) is 14.4. The van der Waals surface area contributed by atoms with Crippen molar-refractivity contribution in [3.8, 4) is 0 Å². The number of rotatable bonds is 13. The van der Waals surface area contributed by atoms with Crippen molar-refractivity contribution in [2.45, 2.75) is 78.1 Å². The molecule has 0 saturated carbocycles. The molecule has 0 radical (unpaired) electrons. The molecule has 0 aromatic carbocycles. The lowest BCUT2D eigenvalue weighted by molar-refractivity contribution is -0.123. The number of amides is 2. The van der Waals surface area contributed by atoms with Gasteiger partial charge < -0.3 is 10.6 Å². The lowest BCUT2D eigenvalue weighted by atomic mass is 10.1. The van der Waals surface area contributed by atoms with Gasteiger partial charge in [0.25, 0.3) is 0 Å². The average molecular weight is 284 g/mol. The van der Waals surface area contributed by atoms with Gasteiger partial charge in [0.15, 0.2) is 0 Å². The van der Waals surface area contributed by atoms with E-state index in [1.165, 1.54) is 25.7 Å². The van der Waals surface area contributed by atoms with Gasteiger partial charge in [0.2, 0.25) is 11.8 Å². The molecule has 0 aliphatic rings. The molecule has 0 aromatic rings. The molecule has 2 N–H and O–H groups in total. The van der Waals surface area contributed by atoms with Crippen LogP contribution in [0.25, 0.3) is 0 Å². The summed E-state index contributed by atoms with van der Waals surface area (Å²) in [7, 11) is 0. The van der Waals surface area contributed by atoms with Crippen molar-refractivity contribution in [1.29, 1.82) is 0 Å². The van der Waals surface area contributed by atoms with Crippen LogP contribution in [0.15, 0.2) is 0 Å². The minimum Gasteiger partial charge on any atom is -0.356 e. The molecular formula is C16H32N2O2. The van der Waals surface area contributed by atoms with Gasteiger partial charge in [-0.1, -0.05) is 39.5 Å². The molecule has 0 saturated heterocycles. The molecule has 4 nitrogen and oxygen atoms in total. The molecule has 0 aliphatic carbocycles. The minimum atomic E-state index is 0.115. The van der Waals surface area contributed by atoms with Crippen LogP contribution >= 0.6 is 0 Å². The Labute approximate surface area is 124 Å². The van der Waals surface area contributed by atoms with Gasteiger partial charge in [0.05, 0.1) is 0 Å². The maximum Gasteiger partial charge on any atom is 0.219 e. The van der Waals surface area contributed by atoms with Crippen LogP contribution in [0, 0.1) is 0 Å². The first-order valence-corrected chi connectivity index (χ1v) is 8.24. The van der Waals surface area contributed by atoms with Gasteiger partial charge in [-0.3, -0.25) is 9.59 Å². The predicted octanol–water partition coefficient (Wildman–Crippen LogP) is 3.16. The summed E-state index contributed by atoms with van der Waals surface area (Å²) < 4.78 is 0. The Hall–Kier alpha value is -1.06. The van der Waals surface area contributed by atoms with Crippen LogP contribution < -0.4 is 10.6 Å². The molecule has 0 heterocycles. The third-order valence-electron chi connectivity index (χ3n) is 3.26. The summed E-state index contributed by atoms with van der Waals surface area (Å²) in [4.78, 5) is 23.0. The highest BCUT2D eigenvalue weighted by atomic mass is 16.2. The first-order chi connectivity index (χ1) is 9.70. The molecule has 0 unspecified atom stereocenters. The van der Waals surface area contributed by atoms with E-state index in [4.69, 9.17) is 0 Å². The van der Waals surface area contributed by atoms with E-state index >= 15 is 0 Å². The van der Waals surface area contributed by atoms with Crippen LogP contribution in [-0.2, 0) is 9.59 Å². The Bertz CT molecular complexity index is 229. The Morgan fingerprint density at radius 2 is 1.05 bits per heavy atom. The van der Waals surface area contributed by atoms with Crippen molar-refractivity contribution in [3.05, 3.63) is 0 Å². The summed E-state index contributed by atoms with van der Waals surface area (Å²) in [6.45, 7) is 5.86. The third kappa shape index (κ3) is 13.4. The number of carbonyl (C=O) groups excluding carboxylic acids is 2. The molecule has 0 aromatic heterocycles. The summed E-state index contributed by atoms with van der Waals surface area (Å²) in [6.07, 6.45) is 9.45. The van der Waals surface area contributed by atoms with Crippen molar-refractivity contribution >= 4 is 11.8 Å². The molecule has 118 valence electrons. The smallest absolute Gasteiger partial charge is 0.219 e. The number of hydrogen-bond donors (Lipinski definition) is 2. The van der Waals surface area contributed by atoms with E-state index < -0.39 is 0 Å². The first-order valence-electron chi connectivity index (χ1n) is 8.24. The van der Waals surface area contributed by atoms with E-state index in [0.717, 1.165) is 38.8 Å². The Morgan fingerprint density at radius 3 is 1.40 bits per heavy atom. The van der Waals surface area contributed by atoms with Crippen molar-refractivity contribution < 1.29 is 9.59 Å². The summed E-state index contributed by atoms with van der Waals surface area (Å²) in [5.41, 5.74) is 0. The van der Waals surface area contributed by atoms with Gasteiger partial charge in [-0.05, 0) is 25.7 Å². The number of unbranched alkanes of at least 4 members (excludes halogenated alkanes) is 5. The SMILES string of the molecule is CCCCCNC(=O)CCCCC(=O)NCCCCC. The summed E-state index contributed by atoms with van der Waals surface area (Å²) in [5, 5.41) is 5.83. The molecule has 0 atom stereocenters. The highest BCUT2D eigenvalue weighted by Crippen LogP contribution is 2.00. The molecule has 0 bridgehead atoms. The number of hydrogen-bond acceptors (Lipinski definition) is 2. The van der Waals surface area contributed by atoms with Gasteiger partial charge >= 0.3 is 0 Å².